The van der Waals surface area contributed by atoms with Crippen LogP contribution in [0.25, 0.3) is 0 Å². The number of hydrogen-bond donors (Lipinski definition) is 3. The van der Waals surface area contributed by atoms with Crippen LogP contribution in [0.1, 0.15) is 56.3 Å². The highest BCUT2D eigenvalue weighted by Gasteiger charge is 2.50. The fourth-order valence-corrected chi connectivity index (χ4v) is 4.01. The zero-order chi connectivity index (χ0) is 19.0. The number of H-pyrrole nitrogens is 1. The molecule has 2 saturated carbocycles. The first-order valence-corrected chi connectivity index (χ1v) is 9.21. The summed E-state index contributed by atoms with van der Waals surface area (Å²) in [7, 11) is 0. The van der Waals surface area contributed by atoms with Crippen molar-refractivity contribution in [2.24, 2.45) is 0 Å². The number of rotatable bonds is 6. The van der Waals surface area contributed by atoms with Gasteiger partial charge in [0.05, 0.1) is 12.1 Å². The summed E-state index contributed by atoms with van der Waals surface area (Å²) in [5.74, 6) is 0.462. The lowest BCUT2D eigenvalue weighted by atomic mass is 10.0. The summed E-state index contributed by atoms with van der Waals surface area (Å²) in [5, 5.41) is 23.2. The maximum atomic E-state index is 12.0. The fourth-order valence-electron chi connectivity index (χ4n) is 4.01. The van der Waals surface area contributed by atoms with Crippen molar-refractivity contribution >= 4 is 17.8 Å². The Kier molecular flexibility index (Phi) is 4.37. The largest absolute Gasteiger partial charge is 0.465 e. The molecule has 0 aromatic carbocycles. The molecule has 9 nitrogen and oxygen atoms in total. The summed E-state index contributed by atoms with van der Waals surface area (Å²) in [6.07, 6.45) is 5.11. The normalized spacial score (nSPS) is 23.1. The number of anilines is 1. The van der Waals surface area contributed by atoms with E-state index in [1.165, 1.54) is 6.26 Å². The van der Waals surface area contributed by atoms with Crippen LogP contribution < -0.4 is 5.32 Å². The van der Waals surface area contributed by atoms with E-state index in [4.69, 9.17) is 4.52 Å². The van der Waals surface area contributed by atoms with Crippen molar-refractivity contribution in [3.05, 3.63) is 29.8 Å². The first-order chi connectivity index (χ1) is 12.9. The second kappa shape index (κ2) is 6.71. The van der Waals surface area contributed by atoms with Gasteiger partial charge in [0.25, 0.3) is 0 Å². The zero-order valence-electron chi connectivity index (χ0n) is 15.1. The molecule has 0 spiro atoms. The van der Waals surface area contributed by atoms with Crippen molar-refractivity contribution in [1.82, 2.24) is 20.3 Å². The molecule has 2 aromatic rings. The number of hydrogen-bond acceptors (Lipinski definition) is 5. The molecule has 27 heavy (non-hydrogen) atoms. The van der Waals surface area contributed by atoms with Gasteiger partial charge >= 0.3 is 6.09 Å². The maximum absolute atomic E-state index is 12.0. The molecule has 0 saturated heterocycles. The summed E-state index contributed by atoms with van der Waals surface area (Å²) in [6, 6.07) is 3.51. The molecule has 0 aliphatic heterocycles. The van der Waals surface area contributed by atoms with Crippen molar-refractivity contribution in [1.29, 1.82) is 0 Å². The van der Waals surface area contributed by atoms with Crippen LogP contribution in [0.4, 0.5) is 10.6 Å². The number of carbonyl (C=O) groups is 2. The molecule has 2 aromatic heterocycles. The third-order valence-corrected chi connectivity index (χ3v) is 5.67. The summed E-state index contributed by atoms with van der Waals surface area (Å²) >= 11 is 0. The van der Waals surface area contributed by atoms with Gasteiger partial charge in [0.15, 0.2) is 5.82 Å². The van der Waals surface area contributed by atoms with Crippen LogP contribution in [-0.2, 0) is 11.2 Å². The van der Waals surface area contributed by atoms with Crippen LogP contribution in [0.2, 0.25) is 0 Å². The molecule has 2 aliphatic rings. The summed E-state index contributed by atoms with van der Waals surface area (Å²) in [5.41, 5.74) is 1.30. The van der Waals surface area contributed by atoms with E-state index in [2.05, 4.69) is 20.7 Å². The molecule has 0 bridgehead atoms. The van der Waals surface area contributed by atoms with Gasteiger partial charge in [0, 0.05) is 35.3 Å². The van der Waals surface area contributed by atoms with Gasteiger partial charge in [0.2, 0.25) is 5.91 Å². The van der Waals surface area contributed by atoms with Crippen LogP contribution in [-0.4, -0.2) is 48.9 Å². The van der Waals surface area contributed by atoms with E-state index in [0.29, 0.717) is 11.5 Å². The van der Waals surface area contributed by atoms with E-state index >= 15 is 0 Å². The molecule has 2 amide bonds. The smallest absolute Gasteiger partial charge is 0.408 e. The Labute approximate surface area is 156 Å². The first-order valence-electron chi connectivity index (χ1n) is 9.21. The van der Waals surface area contributed by atoms with Gasteiger partial charge in [-0.3, -0.25) is 14.8 Å². The summed E-state index contributed by atoms with van der Waals surface area (Å²) < 4.78 is 4.71. The Hall–Kier alpha value is -2.84. The van der Waals surface area contributed by atoms with Gasteiger partial charge in [-0.1, -0.05) is 5.16 Å². The quantitative estimate of drug-likeness (QED) is 0.715. The zero-order valence-corrected chi connectivity index (χ0v) is 15.1. The van der Waals surface area contributed by atoms with Gasteiger partial charge in [-0.25, -0.2) is 4.79 Å². The standard InChI is InChI=1S/C18H23N5O4/c1-18(5-6-18)23(17(25)26)13-3-2-11(8-13)14-10-15(21-20-14)19-16(24)9-12-4-7-27-22-12/h4,7,10-11,13H,2-3,5-6,8-9H2,1H3,(H,25,26)(H2,19,20,21,24). The average molecular weight is 373 g/mol. The molecule has 144 valence electrons. The van der Waals surface area contributed by atoms with Gasteiger partial charge in [-0.2, -0.15) is 5.10 Å². The number of nitrogens with zero attached hydrogens (tertiary/aromatic N) is 3. The lowest BCUT2D eigenvalue weighted by molar-refractivity contribution is -0.115. The van der Waals surface area contributed by atoms with E-state index in [-0.39, 0.29) is 29.8 Å². The van der Waals surface area contributed by atoms with Crippen LogP contribution in [0, 0.1) is 0 Å². The summed E-state index contributed by atoms with van der Waals surface area (Å²) in [4.78, 5) is 25.4. The van der Waals surface area contributed by atoms with Crippen LogP contribution in [0.15, 0.2) is 22.9 Å². The Morgan fingerprint density at radius 3 is 2.93 bits per heavy atom. The van der Waals surface area contributed by atoms with E-state index in [0.717, 1.165) is 37.8 Å². The highest BCUT2D eigenvalue weighted by Crippen LogP contribution is 2.47. The minimum atomic E-state index is -0.828. The third kappa shape index (κ3) is 3.67. The van der Waals surface area contributed by atoms with Crippen molar-refractivity contribution in [2.45, 2.75) is 62.9 Å². The Morgan fingerprint density at radius 2 is 2.26 bits per heavy atom. The number of amides is 2. The van der Waals surface area contributed by atoms with Gasteiger partial charge in [-0.15, -0.1) is 0 Å². The molecule has 4 rings (SSSR count). The molecule has 2 aliphatic carbocycles. The average Bonchev–Trinajstić information content (AvgIpc) is 3.09. The van der Waals surface area contributed by atoms with Gasteiger partial charge in [-0.05, 0) is 39.0 Å². The lowest BCUT2D eigenvalue weighted by Crippen LogP contribution is -2.45. The highest BCUT2D eigenvalue weighted by atomic mass is 16.5. The van der Waals surface area contributed by atoms with E-state index < -0.39 is 6.09 Å². The van der Waals surface area contributed by atoms with Crippen LogP contribution in [0.3, 0.4) is 0 Å². The molecule has 2 heterocycles. The molecule has 2 unspecified atom stereocenters. The second-order valence-corrected chi connectivity index (χ2v) is 7.74. The predicted octanol–water partition coefficient (Wildman–Crippen LogP) is 2.75. The van der Waals surface area contributed by atoms with Crippen molar-refractivity contribution in [3.63, 3.8) is 0 Å². The molecular weight excluding hydrogens is 350 g/mol. The number of carboxylic acid groups (broad SMARTS) is 1. The minimum absolute atomic E-state index is 0.0357. The third-order valence-electron chi connectivity index (χ3n) is 5.67. The SMILES string of the molecule is CC1(N(C(=O)O)C2CCC(c3cc(NC(=O)Cc4ccon4)n[nH]3)C2)CC1. The predicted molar refractivity (Wildman–Crippen MR) is 95.3 cm³/mol. The number of nitrogens with one attached hydrogen (secondary N) is 2. The van der Waals surface area contributed by atoms with Crippen molar-refractivity contribution < 1.29 is 19.2 Å². The van der Waals surface area contributed by atoms with Gasteiger partial charge < -0.3 is 14.9 Å². The lowest BCUT2D eigenvalue weighted by Gasteiger charge is -2.32. The molecule has 2 atom stereocenters. The highest BCUT2D eigenvalue weighted by molar-refractivity contribution is 5.91. The fraction of sp³-hybridized carbons (Fsp3) is 0.556. The Morgan fingerprint density at radius 1 is 1.44 bits per heavy atom. The maximum Gasteiger partial charge on any atom is 0.408 e. The topological polar surface area (TPSA) is 124 Å². The number of carbonyl (C=O) groups excluding carboxylic acids is 1. The van der Waals surface area contributed by atoms with Crippen molar-refractivity contribution in [2.75, 3.05) is 5.32 Å². The van der Waals surface area contributed by atoms with Crippen LogP contribution >= 0.6 is 0 Å². The Bertz CT molecular complexity index is 827. The van der Waals surface area contributed by atoms with E-state index in [9.17, 15) is 14.7 Å². The number of aromatic amines is 1. The molecule has 9 heteroatoms. The van der Waals surface area contributed by atoms with Crippen LogP contribution in [0.5, 0.6) is 0 Å². The van der Waals surface area contributed by atoms with Crippen molar-refractivity contribution in [3.8, 4) is 0 Å². The second-order valence-electron chi connectivity index (χ2n) is 7.74. The summed E-state index contributed by atoms with van der Waals surface area (Å²) in [6.45, 7) is 2.02. The Balaban J connectivity index is 1.36. The minimum Gasteiger partial charge on any atom is -0.465 e. The molecule has 2 fully saturated rings. The number of aromatic nitrogens is 3. The van der Waals surface area contributed by atoms with E-state index in [1.807, 2.05) is 13.0 Å². The molecule has 3 N–H and O–H groups in total. The molecule has 0 radical (unpaired) electrons. The monoisotopic (exact) mass is 373 g/mol. The molecular formula is C18H23N5O4. The first kappa shape index (κ1) is 17.6. The van der Waals surface area contributed by atoms with E-state index in [1.54, 1.807) is 11.0 Å². The van der Waals surface area contributed by atoms with Gasteiger partial charge in [0.1, 0.15) is 6.26 Å².